The van der Waals surface area contributed by atoms with Crippen molar-refractivity contribution in [2.75, 3.05) is 6.61 Å². The zero-order valence-electron chi connectivity index (χ0n) is 14.5. The molecule has 1 fully saturated rings. The van der Waals surface area contributed by atoms with Crippen molar-refractivity contribution < 1.29 is 22.6 Å². The van der Waals surface area contributed by atoms with Crippen LogP contribution in [0.4, 0.5) is 13.2 Å². The van der Waals surface area contributed by atoms with E-state index in [1.165, 1.54) is 10.7 Å². The second kappa shape index (κ2) is 9.07. The van der Waals surface area contributed by atoms with Gasteiger partial charge in [0.05, 0.1) is 0 Å². The Morgan fingerprint density at radius 2 is 2.22 bits per heavy atom. The summed E-state index contributed by atoms with van der Waals surface area (Å²) in [7, 11) is 0. The Morgan fingerprint density at radius 1 is 1.37 bits per heavy atom. The van der Waals surface area contributed by atoms with E-state index in [4.69, 9.17) is 9.47 Å². The molecule has 2 aromatic rings. The average Bonchev–Trinajstić information content (AvgIpc) is 3.14. The predicted molar refractivity (Wildman–Crippen MR) is 94.5 cm³/mol. The van der Waals surface area contributed by atoms with Gasteiger partial charge in [0.2, 0.25) is 0 Å². The predicted octanol–water partition coefficient (Wildman–Crippen LogP) is 2.47. The van der Waals surface area contributed by atoms with Crippen LogP contribution < -0.4 is 4.33 Å². The molecule has 1 atom stereocenters. The molecule has 1 radical (unpaired) electrons. The summed E-state index contributed by atoms with van der Waals surface area (Å²) in [5, 5.41) is 7.90. The van der Waals surface area contributed by atoms with E-state index in [0.717, 1.165) is 25.3 Å². The molecule has 1 N–H and O–H groups in total. The summed E-state index contributed by atoms with van der Waals surface area (Å²) in [6.07, 6.45) is -0.247. The van der Waals surface area contributed by atoms with Crippen LogP contribution in [-0.4, -0.2) is 48.1 Å². The topological polar surface area (TPSA) is 61.2 Å². The zero-order chi connectivity index (χ0) is 19.3. The fourth-order valence-electron chi connectivity index (χ4n) is 2.77. The Labute approximate surface area is 160 Å². The van der Waals surface area contributed by atoms with E-state index in [1.54, 1.807) is 12.3 Å². The molecule has 0 bridgehead atoms. The van der Waals surface area contributed by atoms with E-state index in [-0.39, 0.29) is 39.7 Å². The van der Waals surface area contributed by atoms with Crippen molar-refractivity contribution in [2.45, 2.75) is 44.9 Å². The Bertz CT molecular complexity index is 776. The molecule has 0 spiro atoms. The molecule has 0 amide bonds. The summed E-state index contributed by atoms with van der Waals surface area (Å²) in [6, 6.07) is 4.12. The first-order valence-corrected chi connectivity index (χ1v) is 10.5. The molecule has 1 aromatic carbocycles. The number of aromatic nitrogens is 3. The maximum atomic E-state index is 13.4. The number of rotatable bonds is 7. The SMILES string of the molecule is C=[Se]NCc1ccc(-n2cc(COC3CCCCO3)nn2)cc1C(F)(F)F. The average molecular weight is 448 g/mol. The van der Waals surface area contributed by atoms with Gasteiger partial charge in [-0.05, 0) is 19.3 Å². The third kappa shape index (κ3) is 5.46. The van der Waals surface area contributed by atoms with Gasteiger partial charge in [0.1, 0.15) is 0 Å². The number of nitrogens with zero attached hydrogens (tertiary/aromatic N) is 3. The number of hydrogen-bond acceptors (Lipinski definition) is 5. The van der Waals surface area contributed by atoms with Crippen molar-refractivity contribution in [3.63, 3.8) is 0 Å². The number of ether oxygens (including phenoxy) is 2. The molecule has 10 heteroatoms. The molecule has 0 aliphatic carbocycles. The molecule has 147 valence electrons. The van der Waals surface area contributed by atoms with Gasteiger partial charge < -0.3 is 4.74 Å². The standard InChI is InChI=1S/C17H20F3N4O2Se/c1-27-21-9-12-5-6-14(8-15(12)17(18,19)20)24-10-13(22-23-24)11-26-16-4-2-3-7-25-16/h5-6,8,10,16,21H,1-4,7,9,11H2. The van der Waals surface area contributed by atoms with Gasteiger partial charge in [-0.3, -0.25) is 0 Å². The molecular weight excluding hydrogens is 428 g/mol. The Kier molecular flexibility index (Phi) is 6.78. The summed E-state index contributed by atoms with van der Waals surface area (Å²) in [5.41, 5.74) is 3.94. The minimum absolute atomic E-state index is 0.121. The van der Waals surface area contributed by atoms with Crippen molar-refractivity contribution in [1.29, 1.82) is 0 Å². The number of benzene rings is 1. The summed E-state index contributed by atoms with van der Waals surface area (Å²) in [5.74, 6) is 0. The van der Waals surface area contributed by atoms with Crippen LogP contribution in [0.15, 0.2) is 24.4 Å². The number of nitrogens with one attached hydrogen (secondary N) is 1. The molecule has 1 unspecified atom stereocenters. The molecule has 1 saturated heterocycles. The summed E-state index contributed by atoms with van der Waals surface area (Å²) in [6.45, 7) is 0.995. The van der Waals surface area contributed by atoms with E-state index >= 15 is 0 Å². The summed E-state index contributed by atoms with van der Waals surface area (Å²) in [4.78, 5) is 0. The van der Waals surface area contributed by atoms with Crippen molar-refractivity contribution in [2.24, 2.45) is 0 Å². The molecule has 6 nitrogen and oxygen atoms in total. The Hall–Kier alpha value is -1.58. The minimum atomic E-state index is -4.45. The first-order chi connectivity index (χ1) is 13.0. The van der Waals surface area contributed by atoms with Crippen LogP contribution in [0.3, 0.4) is 0 Å². The van der Waals surface area contributed by atoms with E-state index < -0.39 is 11.7 Å². The van der Waals surface area contributed by atoms with Crippen LogP contribution in [0.2, 0.25) is 0 Å². The molecule has 0 saturated carbocycles. The first-order valence-electron chi connectivity index (χ1n) is 8.46. The van der Waals surface area contributed by atoms with Crippen LogP contribution >= 0.6 is 0 Å². The number of halogens is 3. The summed E-state index contributed by atoms with van der Waals surface area (Å²) >= 11 is -0.162. The normalized spacial score (nSPS) is 17.8. The molecule has 27 heavy (non-hydrogen) atoms. The van der Waals surface area contributed by atoms with Crippen LogP contribution in [0.5, 0.6) is 0 Å². The monoisotopic (exact) mass is 449 g/mol. The third-order valence-electron chi connectivity index (χ3n) is 4.12. The number of alkyl halides is 3. The Morgan fingerprint density at radius 3 is 2.93 bits per heavy atom. The van der Waals surface area contributed by atoms with Crippen LogP contribution in [0.25, 0.3) is 5.69 Å². The molecule has 1 aliphatic heterocycles. The van der Waals surface area contributed by atoms with Gasteiger partial charge in [-0.2, -0.15) is 0 Å². The number of hydrogen-bond donors (Lipinski definition) is 1. The van der Waals surface area contributed by atoms with E-state index in [1.807, 2.05) is 0 Å². The molecule has 1 aromatic heterocycles. The van der Waals surface area contributed by atoms with Gasteiger partial charge >= 0.3 is 130 Å². The van der Waals surface area contributed by atoms with Gasteiger partial charge in [-0.15, -0.1) is 0 Å². The molecule has 1 aliphatic rings. The third-order valence-corrected chi connectivity index (χ3v) is 4.86. The van der Waals surface area contributed by atoms with Gasteiger partial charge in [-0.25, -0.2) is 0 Å². The second-order valence-electron chi connectivity index (χ2n) is 6.07. The molecule has 3 rings (SSSR count). The van der Waals surface area contributed by atoms with E-state index in [2.05, 4.69) is 20.1 Å². The van der Waals surface area contributed by atoms with Crippen molar-refractivity contribution in [3.8, 4) is 5.69 Å². The van der Waals surface area contributed by atoms with Crippen molar-refractivity contribution in [3.05, 3.63) is 41.2 Å². The van der Waals surface area contributed by atoms with E-state index in [0.29, 0.717) is 18.0 Å². The van der Waals surface area contributed by atoms with Gasteiger partial charge in [0.15, 0.2) is 0 Å². The van der Waals surface area contributed by atoms with E-state index in [9.17, 15) is 13.2 Å². The van der Waals surface area contributed by atoms with Gasteiger partial charge in [-0.1, -0.05) is 0 Å². The van der Waals surface area contributed by atoms with Crippen molar-refractivity contribution >= 4 is 20.2 Å². The summed E-state index contributed by atoms with van der Waals surface area (Å²) < 4.78 is 55.5. The van der Waals surface area contributed by atoms with Crippen LogP contribution in [-0.2, 0) is 28.8 Å². The van der Waals surface area contributed by atoms with Gasteiger partial charge in [0.25, 0.3) is 0 Å². The van der Waals surface area contributed by atoms with Crippen LogP contribution in [0, 0.1) is 0 Å². The maximum absolute atomic E-state index is 13.4. The first kappa shape index (κ1) is 20.2. The second-order valence-corrected chi connectivity index (χ2v) is 7.28. The van der Waals surface area contributed by atoms with Crippen molar-refractivity contribution in [1.82, 2.24) is 19.3 Å². The quantitative estimate of drug-likeness (QED) is 0.660. The molecular formula is C17H20F3N4O2Se. The fraction of sp³-hybridized carbons (Fsp3) is 0.471. The fourth-order valence-corrected chi connectivity index (χ4v) is 3.31. The zero-order valence-corrected chi connectivity index (χ0v) is 16.2. The Balaban J connectivity index is 1.73. The van der Waals surface area contributed by atoms with Crippen LogP contribution in [0.1, 0.15) is 36.1 Å². The van der Waals surface area contributed by atoms with Gasteiger partial charge in [0, 0.05) is 6.61 Å². The molecule has 2 heterocycles.